The molecule has 3 heteroatoms. The molecule has 0 aliphatic heterocycles. The molecular weight excluding hydrogens is 262 g/mol. The average molecular weight is 289 g/mol. The number of ether oxygens (including phenoxy) is 1. The van der Waals surface area contributed by atoms with Crippen molar-refractivity contribution in [3.8, 4) is 5.75 Å². The normalized spacial score (nSPS) is 24.4. The summed E-state index contributed by atoms with van der Waals surface area (Å²) in [5.41, 5.74) is 2.09. The highest BCUT2D eigenvalue weighted by atomic mass is 16.5. The third-order valence-electron chi connectivity index (χ3n) is 5.09. The van der Waals surface area contributed by atoms with E-state index >= 15 is 0 Å². The fraction of sp³-hybridized carbons (Fsp3) is 0.667. The minimum atomic E-state index is -0.613. The van der Waals surface area contributed by atoms with Crippen molar-refractivity contribution < 1.29 is 9.84 Å². The monoisotopic (exact) mass is 289 g/mol. The molecule has 2 aliphatic carbocycles. The van der Waals surface area contributed by atoms with Crippen molar-refractivity contribution in [1.82, 2.24) is 5.32 Å². The molecule has 1 aromatic rings. The van der Waals surface area contributed by atoms with E-state index in [4.69, 9.17) is 4.74 Å². The van der Waals surface area contributed by atoms with Crippen LogP contribution in [0.1, 0.15) is 62.1 Å². The van der Waals surface area contributed by atoms with Crippen molar-refractivity contribution >= 4 is 0 Å². The van der Waals surface area contributed by atoms with Crippen LogP contribution in [-0.2, 0) is 6.42 Å². The predicted molar refractivity (Wildman–Crippen MR) is 84.7 cm³/mol. The van der Waals surface area contributed by atoms with Crippen LogP contribution < -0.4 is 10.1 Å². The van der Waals surface area contributed by atoms with Crippen molar-refractivity contribution in [1.29, 1.82) is 0 Å². The number of aliphatic hydroxyl groups is 1. The van der Waals surface area contributed by atoms with Crippen molar-refractivity contribution in [3.05, 3.63) is 29.3 Å². The number of hydrogen-bond donors (Lipinski definition) is 2. The van der Waals surface area contributed by atoms with Crippen LogP contribution in [0, 0.1) is 0 Å². The van der Waals surface area contributed by atoms with Crippen molar-refractivity contribution in [2.24, 2.45) is 0 Å². The highest BCUT2D eigenvalue weighted by molar-refractivity contribution is 5.43. The standard InChI is InChI=1S/C18H27NO2/c1-19-16-9-5-8-15-14(16)7-6-10-17(15)21-13-18(20)11-3-2-4-12-18/h6-7,10,16,19-20H,2-5,8-9,11-13H2,1H3. The van der Waals surface area contributed by atoms with Gasteiger partial charge in [0.05, 0.1) is 5.60 Å². The lowest BCUT2D eigenvalue weighted by Gasteiger charge is -2.33. The van der Waals surface area contributed by atoms with Crippen molar-refractivity contribution in [3.63, 3.8) is 0 Å². The maximum atomic E-state index is 10.6. The summed E-state index contributed by atoms with van der Waals surface area (Å²) in [6.45, 7) is 0.438. The molecule has 0 spiro atoms. The first-order valence-electron chi connectivity index (χ1n) is 8.36. The Morgan fingerprint density at radius 3 is 2.81 bits per heavy atom. The van der Waals surface area contributed by atoms with Crippen LogP contribution in [0.5, 0.6) is 5.75 Å². The minimum Gasteiger partial charge on any atom is -0.490 e. The first-order valence-corrected chi connectivity index (χ1v) is 8.36. The Bertz CT molecular complexity index is 480. The summed E-state index contributed by atoms with van der Waals surface area (Å²) in [6.07, 6.45) is 8.71. The molecule has 1 unspecified atom stereocenters. The summed E-state index contributed by atoms with van der Waals surface area (Å²) in [7, 11) is 2.03. The molecule has 21 heavy (non-hydrogen) atoms. The third kappa shape index (κ3) is 3.24. The van der Waals surface area contributed by atoms with Gasteiger partial charge in [0.2, 0.25) is 0 Å². The van der Waals surface area contributed by atoms with Gasteiger partial charge < -0.3 is 15.2 Å². The van der Waals surface area contributed by atoms with Gasteiger partial charge in [0.25, 0.3) is 0 Å². The molecule has 0 saturated heterocycles. The van der Waals surface area contributed by atoms with Gasteiger partial charge in [0.1, 0.15) is 12.4 Å². The van der Waals surface area contributed by atoms with Gasteiger partial charge in [-0.15, -0.1) is 0 Å². The lowest BCUT2D eigenvalue weighted by molar-refractivity contribution is -0.0341. The molecule has 3 rings (SSSR count). The first kappa shape index (κ1) is 14.9. The van der Waals surface area contributed by atoms with Crippen molar-refractivity contribution in [2.75, 3.05) is 13.7 Å². The van der Waals surface area contributed by atoms with Crippen LogP contribution in [0.25, 0.3) is 0 Å². The predicted octanol–water partition coefficient (Wildman–Crippen LogP) is 3.36. The maximum absolute atomic E-state index is 10.6. The molecule has 2 N–H and O–H groups in total. The second-order valence-corrected chi connectivity index (χ2v) is 6.63. The van der Waals surface area contributed by atoms with E-state index in [2.05, 4.69) is 23.5 Å². The summed E-state index contributed by atoms with van der Waals surface area (Å²) in [4.78, 5) is 0. The molecule has 0 aromatic heterocycles. The zero-order chi connectivity index (χ0) is 14.7. The number of benzene rings is 1. The quantitative estimate of drug-likeness (QED) is 0.893. The fourth-order valence-electron chi connectivity index (χ4n) is 3.82. The van der Waals surface area contributed by atoms with Gasteiger partial charge in [-0.25, -0.2) is 0 Å². The zero-order valence-corrected chi connectivity index (χ0v) is 13.0. The summed E-state index contributed by atoms with van der Waals surface area (Å²) >= 11 is 0. The number of nitrogens with one attached hydrogen (secondary N) is 1. The van der Waals surface area contributed by atoms with Crippen molar-refractivity contribution in [2.45, 2.75) is 63.0 Å². The Kier molecular flexibility index (Phi) is 4.51. The summed E-state index contributed by atoms with van der Waals surface area (Å²) in [5, 5.41) is 14.0. The zero-order valence-electron chi connectivity index (χ0n) is 13.0. The van der Waals surface area contributed by atoms with E-state index in [1.165, 1.54) is 30.4 Å². The third-order valence-corrected chi connectivity index (χ3v) is 5.09. The number of rotatable bonds is 4. The van der Waals surface area contributed by atoms with Gasteiger partial charge in [-0.05, 0) is 56.3 Å². The van der Waals surface area contributed by atoms with E-state index in [1.807, 2.05) is 7.05 Å². The van der Waals surface area contributed by atoms with Crippen LogP contribution >= 0.6 is 0 Å². The molecular formula is C18H27NO2. The summed E-state index contributed by atoms with van der Waals surface area (Å²) < 4.78 is 6.06. The van der Waals surface area contributed by atoms with E-state index in [1.54, 1.807) is 0 Å². The Labute approximate surface area is 127 Å². The summed E-state index contributed by atoms with van der Waals surface area (Å²) in [5.74, 6) is 0.978. The Balaban J connectivity index is 1.74. The van der Waals surface area contributed by atoms with Gasteiger partial charge in [0.15, 0.2) is 0 Å². The molecule has 1 fully saturated rings. The highest BCUT2D eigenvalue weighted by Gasteiger charge is 2.30. The van der Waals surface area contributed by atoms with Gasteiger partial charge in [0, 0.05) is 6.04 Å². The van der Waals surface area contributed by atoms with Crippen LogP contribution in [0.3, 0.4) is 0 Å². The van der Waals surface area contributed by atoms with E-state index in [9.17, 15) is 5.11 Å². The van der Waals surface area contributed by atoms with Gasteiger partial charge in [-0.3, -0.25) is 0 Å². The largest absolute Gasteiger partial charge is 0.490 e. The lowest BCUT2D eigenvalue weighted by Crippen LogP contribution is -2.38. The van der Waals surface area contributed by atoms with Gasteiger partial charge in [-0.1, -0.05) is 31.4 Å². The topological polar surface area (TPSA) is 41.5 Å². The SMILES string of the molecule is CNC1CCCc2c(OCC3(O)CCCCC3)cccc21. The van der Waals surface area contributed by atoms with Gasteiger partial charge >= 0.3 is 0 Å². The number of fused-ring (bicyclic) bond motifs is 1. The molecule has 0 bridgehead atoms. The second kappa shape index (κ2) is 6.37. The smallest absolute Gasteiger partial charge is 0.122 e. The molecule has 116 valence electrons. The van der Waals surface area contributed by atoms with Crippen LogP contribution in [0.4, 0.5) is 0 Å². The van der Waals surface area contributed by atoms with E-state index < -0.39 is 5.60 Å². The van der Waals surface area contributed by atoms with E-state index in [-0.39, 0.29) is 0 Å². The van der Waals surface area contributed by atoms with Crippen LogP contribution in [0.15, 0.2) is 18.2 Å². The first-order chi connectivity index (χ1) is 10.2. The average Bonchev–Trinajstić information content (AvgIpc) is 2.53. The fourth-order valence-corrected chi connectivity index (χ4v) is 3.82. The van der Waals surface area contributed by atoms with E-state index in [0.29, 0.717) is 12.6 Å². The van der Waals surface area contributed by atoms with Crippen LogP contribution in [0.2, 0.25) is 0 Å². The minimum absolute atomic E-state index is 0.438. The highest BCUT2D eigenvalue weighted by Crippen LogP contribution is 2.36. The maximum Gasteiger partial charge on any atom is 0.122 e. The molecule has 1 aromatic carbocycles. The summed E-state index contributed by atoms with van der Waals surface area (Å²) in [6, 6.07) is 6.78. The Hall–Kier alpha value is -1.06. The molecule has 0 heterocycles. The second-order valence-electron chi connectivity index (χ2n) is 6.63. The molecule has 1 atom stereocenters. The number of hydrogen-bond acceptors (Lipinski definition) is 3. The lowest BCUT2D eigenvalue weighted by atomic mass is 9.85. The Morgan fingerprint density at radius 2 is 2.05 bits per heavy atom. The molecule has 0 radical (unpaired) electrons. The molecule has 1 saturated carbocycles. The molecule has 3 nitrogen and oxygen atoms in total. The van der Waals surface area contributed by atoms with Crippen LogP contribution in [-0.4, -0.2) is 24.4 Å². The molecule has 2 aliphatic rings. The molecule has 0 amide bonds. The van der Waals surface area contributed by atoms with E-state index in [0.717, 1.165) is 37.9 Å². The van der Waals surface area contributed by atoms with Gasteiger partial charge in [-0.2, -0.15) is 0 Å². The Morgan fingerprint density at radius 1 is 1.24 bits per heavy atom.